The summed E-state index contributed by atoms with van der Waals surface area (Å²) < 4.78 is 86.0. The van der Waals surface area contributed by atoms with Crippen molar-refractivity contribution in [3.8, 4) is 28.3 Å². The highest BCUT2D eigenvalue weighted by Gasteiger charge is 2.33. The number of nitro groups is 1. The largest absolute Gasteiger partial charge is 0.502 e. The van der Waals surface area contributed by atoms with Gasteiger partial charge in [0.2, 0.25) is 11.7 Å². The van der Waals surface area contributed by atoms with Crippen molar-refractivity contribution in [3.63, 3.8) is 0 Å². The molecule has 7 rings (SSSR count). The minimum atomic E-state index is -4.68. The molecular formula is C48H46F6N10O8. The van der Waals surface area contributed by atoms with Gasteiger partial charge in [-0.1, -0.05) is 68.4 Å². The molecule has 18 nitrogen and oxygen atoms in total. The molecule has 0 fully saturated rings. The Labute approximate surface area is 404 Å². The molecule has 2 amide bonds. The molecule has 0 radical (unpaired) electrons. The fourth-order valence-electron chi connectivity index (χ4n) is 7.23. The van der Waals surface area contributed by atoms with Crippen LogP contribution in [0.4, 0.5) is 59.6 Å². The molecule has 0 aliphatic carbocycles. The minimum Gasteiger partial charge on any atom is -0.502 e. The zero-order valence-electron chi connectivity index (χ0n) is 38.3. The summed E-state index contributed by atoms with van der Waals surface area (Å²) in [5.41, 5.74) is 3.36. The molecule has 0 bridgehead atoms. The van der Waals surface area contributed by atoms with Crippen molar-refractivity contribution in [1.82, 2.24) is 20.2 Å². The molecule has 72 heavy (non-hydrogen) atoms. The van der Waals surface area contributed by atoms with Crippen LogP contribution in [0.3, 0.4) is 0 Å². The number of nitrogens with two attached hydrogens (primary N) is 1. The number of pyridine rings is 2. The van der Waals surface area contributed by atoms with Gasteiger partial charge in [0, 0.05) is 60.3 Å². The highest BCUT2D eigenvalue weighted by Crippen LogP contribution is 2.37. The number of aromatic amines is 1. The number of halogens is 6. The number of aromatic nitrogens is 2. The van der Waals surface area contributed by atoms with E-state index >= 15 is 0 Å². The number of aromatic hydroxyl groups is 1. The van der Waals surface area contributed by atoms with Crippen LogP contribution in [0.5, 0.6) is 5.75 Å². The monoisotopic (exact) mass is 1000 g/mol. The number of fused-ring (bicyclic) bond motifs is 1. The predicted octanol–water partition coefficient (Wildman–Crippen LogP) is 8.26. The Kier molecular flexibility index (Phi) is 15.9. The molecule has 24 heteroatoms. The topological polar surface area (TPSA) is 272 Å². The number of carbonyl (C=O) groups excluding carboxylic acids is 2. The number of ether oxygens (including phenoxy) is 1. The second-order valence-corrected chi connectivity index (χ2v) is 16.5. The molecule has 0 spiro atoms. The summed E-state index contributed by atoms with van der Waals surface area (Å²) in [5, 5.41) is 42.5. The highest BCUT2D eigenvalue weighted by atomic mass is 19.4. The number of rotatable bonds is 12. The highest BCUT2D eigenvalue weighted by molar-refractivity contribution is 6.04. The summed E-state index contributed by atoms with van der Waals surface area (Å²) in [6.45, 7) is 4.10. The minimum absolute atomic E-state index is 0.0309. The van der Waals surface area contributed by atoms with Crippen LogP contribution in [0.2, 0.25) is 0 Å². The molecule has 378 valence electrons. The number of anilines is 4. The van der Waals surface area contributed by atoms with Crippen LogP contribution in [0, 0.1) is 21.4 Å². The Balaban J connectivity index is 0.000000307. The normalized spacial score (nSPS) is 13.1. The van der Waals surface area contributed by atoms with Crippen molar-refractivity contribution in [1.29, 1.82) is 5.41 Å². The Morgan fingerprint density at radius 3 is 2.18 bits per heavy atom. The number of H-pyrrole nitrogens is 1. The number of benzene rings is 4. The van der Waals surface area contributed by atoms with Gasteiger partial charge in [-0.15, -0.1) is 0 Å². The molecule has 6 aromatic rings. The van der Waals surface area contributed by atoms with E-state index in [0.717, 1.165) is 40.5 Å². The second kappa shape index (κ2) is 21.9. The number of nitrogen functional groups attached to an aromatic ring is 1. The Bertz CT molecular complexity index is 3120. The first-order valence-electron chi connectivity index (χ1n) is 21.6. The summed E-state index contributed by atoms with van der Waals surface area (Å²) in [6.07, 6.45) is -10.1. The van der Waals surface area contributed by atoms with Gasteiger partial charge < -0.3 is 41.8 Å². The summed E-state index contributed by atoms with van der Waals surface area (Å²) >= 11 is 0. The van der Waals surface area contributed by atoms with Gasteiger partial charge >= 0.3 is 29.7 Å². The van der Waals surface area contributed by atoms with E-state index in [4.69, 9.17) is 15.9 Å². The number of nitrogens with zero attached hydrogens (tertiary/aromatic N) is 2. The van der Waals surface area contributed by atoms with Gasteiger partial charge in [0.1, 0.15) is 24.7 Å². The fraction of sp³-hybridized carbons (Fsp3) is 0.229. The molecule has 1 atom stereocenters. The average Bonchev–Trinajstić information content (AvgIpc) is 3.32. The third-order valence-electron chi connectivity index (χ3n) is 11.0. The van der Waals surface area contributed by atoms with E-state index in [-0.39, 0.29) is 70.5 Å². The summed E-state index contributed by atoms with van der Waals surface area (Å²) in [6, 6.07) is 23.9. The maximum Gasteiger partial charge on any atom is 0.416 e. The smallest absolute Gasteiger partial charge is 0.416 e. The fourth-order valence-corrected chi connectivity index (χ4v) is 7.23. The second-order valence-electron chi connectivity index (χ2n) is 16.5. The number of alkyl halides is 6. The summed E-state index contributed by atoms with van der Waals surface area (Å²) in [4.78, 5) is 62.4. The molecule has 1 aliphatic rings. The SMILES string of the molecule is CC(C)C1CNc2cc(-c3cc(N)cc(C(F)(F)F)c3)n(CC(=O)NCc3ccc(C(=N)NC(=O)OCc4ccccc4)cc3)c(=O)c2N1.CNc1cc(-c2cc(O)c([N+](=O)[O-])c(=O)[nH]2)cc(C(F)(F)F)c1. The van der Waals surface area contributed by atoms with Gasteiger partial charge in [-0.3, -0.25) is 39.8 Å². The Hall–Kier alpha value is -8.83. The molecule has 0 saturated heterocycles. The Morgan fingerprint density at radius 2 is 1.57 bits per heavy atom. The van der Waals surface area contributed by atoms with Gasteiger partial charge in [-0.2, -0.15) is 26.3 Å². The van der Waals surface area contributed by atoms with Gasteiger partial charge in [0.25, 0.3) is 5.56 Å². The zero-order chi connectivity index (χ0) is 52.7. The maximum atomic E-state index is 13.8. The Morgan fingerprint density at radius 1 is 0.917 bits per heavy atom. The van der Waals surface area contributed by atoms with E-state index in [0.29, 0.717) is 23.4 Å². The lowest BCUT2D eigenvalue weighted by molar-refractivity contribution is -0.387. The van der Waals surface area contributed by atoms with E-state index in [1.165, 1.54) is 19.2 Å². The molecule has 10 N–H and O–H groups in total. The summed E-state index contributed by atoms with van der Waals surface area (Å²) in [7, 11) is 1.41. The standard InChI is InChI=1S/C35H36F3N7O4.C13H10F3N3O4/c1-20(2)28-17-41-27-15-29(24-12-25(35(36,37)38)14-26(39)13-24)45(33(47)31(27)43-28)18-30(46)42-16-21-8-10-23(11-9-21)32(40)44-34(48)49-19-22-6-4-3-5-7-22;1-17-8-3-6(2-7(4-8)13(14,15)16)9-5-10(20)11(19(22)23)12(21)18-9/h3-15,20,28,41,43H,16-19,39H2,1-2H3,(H,42,46)(H2,40,44,48);2-5,17H,1H3,(H2,18,20,21). The van der Waals surface area contributed by atoms with Crippen molar-refractivity contribution in [2.24, 2.45) is 5.92 Å². The van der Waals surface area contributed by atoms with Crippen molar-refractivity contribution in [2.45, 2.75) is 51.9 Å². The average molecular weight is 1000 g/mol. The number of alkyl carbamates (subject to hydrolysis) is 1. The van der Waals surface area contributed by atoms with Gasteiger partial charge in [-0.05, 0) is 59.5 Å². The van der Waals surface area contributed by atoms with E-state index in [1.807, 2.05) is 44.2 Å². The molecule has 1 unspecified atom stereocenters. The maximum absolute atomic E-state index is 13.8. The molecule has 4 aromatic carbocycles. The third kappa shape index (κ3) is 13.1. The van der Waals surface area contributed by atoms with Gasteiger partial charge in [-0.25, -0.2) is 4.79 Å². The quantitative estimate of drug-likeness (QED) is 0.0140. The van der Waals surface area contributed by atoms with Crippen LogP contribution in [-0.2, 0) is 41.6 Å². The van der Waals surface area contributed by atoms with Crippen molar-refractivity contribution in [2.75, 3.05) is 35.3 Å². The molecule has 1 aliphatic heterocycles. The number of hydrogen-bond donors (Lipinski definition) is 9. The van der Waals surface area contributed by atoms with E-state index in [2.05, 4.69) is 31.6 Å². The number of nitrogens with one attached hydrogen (secondary N) is 7. The van der Waals surface area contributed by atoms with Crippen LogP contribution in [0.1, 0.15) is 41.7 Å². The number of hydrogen-bond acceptors (Lipinski definition) is 13. The molecule has 3 heterocycles. The number of amidine groups is 1. The lowest BCUT2D eigenvalue weighted by Gasteiger charge is -2.31. The third-order valence-corrected chi connectivity index (χ3v) is 11.0. The summed E-state index contributed by atoms with van der Waals surface area (Å²) in [5.74, 6) is -1.51. The van der Waals surface area contributed by atoms with Crippen LogP contribution < -0.4 is 43.4 Å². The first-order valence-corrected chi connectivity index (χ1v) is 21.6. The zero-order valence-corrected chi connectivity index (χ0v) is 38.3. The van der Waals surface area contributed by atoms with E-state index in [9.17, 15) is 60.7 Å². The van der Waals surface area contributed by atoms with E-state index in [1.54, 1.807) is 30.3 Å². The molecule has 0 saturated carbocycles. The first kappa shape index (κ1) is 52.5. The molecule has 2 aromatic heterocycles. The van der Waals surface area contributed by atoms with Crippen molar-refractivity contribution in [3.05, 3.63) is 162 Å². The van der Waals surface area contributed by atoms with Gasteiger partial charge in [0.15, 0.2) is 0 Å². The molecular weight excluding hydrogens is 959 g/mol. The van der Waals surface area contributed by atoms with E-state index < -0.39 is 69.5 Å². The predicted molar refractivity (Wildman–Crippen MR) is 257 cm³/mol. The van der Waals surface area contributed by atoms with Crippen molar-refractivity contribution < 1.29 is 50.7 Å². The van der Waals surface area contributed by atoms with Crippen LogP contribution in [0.15, 0.2) is 113 Å². The van der Waals surface area contributed by atoms with Crippen LogP contribution in [-0.4, -0.2) is 57.1 Å². The van der Waals surface area contributed by atoms with Gasteiger partial charge in [0.05, 0.1) is 33.1 Å². The lowest BCUT2D eigenvalue weighted by Crippen LogP contribution is -2.42. The van der Waals surface area contributed by atoms with Crippen molar-refractivity contribution >= 4 is 46.3 Å². The van der Waals surface area contributed by atoms with Crippen LogP contribution >= 0.6 is 0 Å². The number of amides is 2. The lowest BCUT2D eigenvalue weighted by atomic mass is 10.00. The van der Waals surface area contributed by atoms with Crippen LogP contribution in [0.25, 0.3) is 22.5 Å². The first-order chi connectivity index (χ1) is 33.9. The number of carbonyl (C=O) groups is 2.